The Bertz CT molecular complexity index is 1390. The number of esters is 1. The fraction of sp³-hybridized carbons (Fsp3) is 0.806. The van der Waals surface area contributed by atoms with Gasteiger partial charge in [-0.3, -0.25) is 24.1 Å². The molecular weight excluding hydrogens is 600 g/mol. The number of hydrogen-bond donors (Lipinski definition) is 1. The summed E-state index contributed by atoms with van der Waals surface area (Å²) < 4.78 is 5.82. The van der Waals surface area contributed by atoms with Gasteiger partial charge >= 0.3 is 5.97 Å². The Morgan fingerprint density at radius 3 is 2.33 bits per heavy atom. The number of Topliss-reactive ketones (excluding diaryl/α,β-unsaturated/α-hetero) is 1. The molecule has 0 radical (unpaired) electrons. The van der Waals surface area contributed by atoms with E-state index < -0.39 is 18.0 Å². The molecule has 2 amide bonds. The van der Waals surface area contributed by atoms with Crippen LogP contribution in [0, 0.1) is 58.7 Å². The molecule has 1 saturated heterocycles. The fourth-order valence-electron chi connectivity index (χ4n) is 11.7. The number of aromatic nitrogens is 1. The highest BCUT2D eigenvalue weighted by Gasteiger charge is 3.09. The van der Waals surface area contributed by atoms with Gasteiger partial charge in [0, 0.05) is 44.2 Å². The first-order valence-electron chi connectivity index (χ1n) is 17.7. The van der Waals surface area contributed by atoms with Crippen LogP contribution in [0.15, 0.2) is 5.38 Å². The number of ether oxygens (including phenoxy) is 1. The number of nitrogens with zero attached hydrogens (tertiary/aromatic N) is 3. The second-order valence-electron chi connectivity index (χ2n) is 16.2. The predicted octanol–water partition coefficient (Wildman–Crippen LogP) is 4.97. The lowest BCUT2D eigenvalue weighted by Crippen LogP contribution is -3.14. The summed E-state index contributed by atoms with van der Waals surface area (Å²) in [4.78, 5) is 62.0. The van der Waals surface area contributed by atoms with E-state index in [1.165, 1.54) is 18.3 Å². The predicted molar refractivity (Wildman–Crippen MR) is 175 cm³/mol. The highest BCUT2D eigenvalue weighted by molar-refractivity contribution is 7.09. The lowest BCUT2D eigenvalue weighted by atomic mass is 8.94. The quantitative estimate of drug-likeness (QED) is 0.283. The molecule has 6 aliphatic carbocycles. The standard InChI is InChI=1S/C36H52N4O5S/c1-9-18(4)20(14-24(42)22-12-10-11-13-39(22)7)34(44)40(8)23(17(2)3)15-25(45-19(5)41)33-37-21(16-46-33)32(43)38-36-29-26-30(36)28-31(36)27(29)35(26,28)6/h16-18,20,22-23,25-31H,9-15H2,1-8H3,(H,38,43)/t18-,20-,22+,23+,25+,26?,27?,28?,29?,30?,31?,35?,36?/m0/s1. The van der Waals surface area contributed by atoms with Crippen molar-refractivity contribution in [2.45, 2.75) is 104 Å². The average Bonchev–Trinajstić information content (AvgIpc) is 3.53. The Labute approximate surface area is 277 Å². The maximum Gasteiger partial charge on any atom is 0.303 e. The van der Waals surface area contributed by atoms with Gasteiger partial charge < -0.3 is 15.0 Å². The van der Waals surface area contributed by atoms with Crippen molar-refractivity contribution in [3.05, 3.63) is 16.1 Å². The number of hydrogen-bond acceptors (Lipinski definition) is 8. The summed E-state index contributed by atoms with van der Waals surface area (Å²) in [5.41, 5.74) is 1.00. The molecule has 1 aliphatic heterocycles. The lowest BCUT2D eigenvalue weighted by Gasteiger charge is -3.11. The van der Waals surface area contributed by atoms with E-state index >= 15 is 0 Å². The van der Waals surface area contributed by atoms with Crippen LogP contribution in [0.2, 0.25) is 0 Å². The number of ketones is 1. The number of likely N-dealkylation sites (tertiary alicyclic amines) is 1. The Kier molecular flexibility index (Phi) is 7.78. The van der Waals surface area contributed by atoms with E-state index in [1.54, 1.807) is 10.3 Å². The first kappa shape index (κ1) is 32.2. The molecule has 7 fully saturated rings. The van der Waals surface area contributed by atoms with E-state index in [4.69, 9.17) is 9.72 Å². The Balaban J connectivity index is 1.03. The Hall–Kier alpha value is -2.33. The van der Waals surface area contributed by atoms with Crippen molar-refractivity contribution >= 4 is 34.9 Å². The molecule has 1 aromatic rings. The summed E-state index contributed by atoms with van der Waals surface area (Å²) >= 11 is 1.33. The number of amides is 2. The Morgan fingerprint density at radius 2 is 1.76 bits per heavy atom. The van der Waals surface area contributed by atoms with Gasteiger partial charge in [-0.1, -0.05) is 47.5 Å². The molecule has 1 aromatic heterocycles. The zero-order valence-electron chi connectivity index (χ0n) is 28.7. The van der Waals surface area contributed by atoms with Crippen LogP contribution >= 0.6 is 11.3 Å². The van der Waals surface area contributed by atoms with Crippen LogP contribution in [0.5, 0.6) is 0 Å². The van der Waals surface area contributed by atoms with Gasteiger partial charge in [0.05, 0.1) is 11.6 Å². The van der Waals surface area contributed by atoms with E-state index in [0.717, 1.165) is 50.0 Å². The van der Waals surface area contributed by atoms with Crippen LogP contribution in [-0.4, -0.2) is 76.6 Å². The molecule has 1 N–H and O–H groups in total. The molecule has 46 heavy (non-hydrogen) atoms. The molecule has 7 aliphatic rings. The summed E-state index contributed by atoms with van der Waals surface area (Å²) in [6, 6.07) is -0.381. The number of carbonyl (C=O) groups excluding carboxylic acids is 4. The molecule has 0 aromatic carbocycles. The van der Waals surface area contributed by atoms with Crippen molar-refractivity contribution in [2.24, 2.45) is 58.7 Å². The maximum atomic E-state index is 14.2. The summed E-state index contributed by atoms with van der Waals surface area (Å²) in [7, 11) is 3.82. The molecule has 5 atom stereocenters. The first-order valence-corrected chi connectivity index (χ1v) is 18.6. The van der Waals surface area contributed by atoms with E-state index in [1.807, 2.05) is 14.1 Å². The van der Waals surface area contributed by atoms with Gasteiger partial charge in [-0.2, -0.15) is 0 Å². The fourth-order valence-corrected chi connectivity index (χ4v) is 12.5. The highest BCUT2D eigenvalue weighted by Crippen LogP contribution is 3.06. The third kappa shape index (κ3) is 4.16. The molecular formula is C36H52N4O5S. The van der Waals surface area contributed by atoms with Crippen molar-refractivity contribution in [1.82, 2.24) is 20.1 Å². The van der Waals surface area contributed by atoms with Crippen LogP contribution in [-0.2, 0) is 19.1 Å². The van der Waals surface area contributed by atoms with Crippen LogP contribution in [0.3, 0.4) is 0 Å². The monoisotopic (exact) mass is 652 g/mol. The van der Waals surface area contributed by atoms with Crippen molar-refractivity contribution in [2.75, 3.05) is 20.6 Å². The third-order valence-corrected chi connectivity index (χ3v) is 15.0. The molecule has 0 bridgehead atoms. The number of piperidine rings is 1. The normalized spacial score (nSPS) is 38.4. The average molecular weight is 653 g/mol. The molecule has 9 nitrogen and oxygen atoms in total. The second-order valence-corrected chi connectivity index (χ2v) is 17.1. The second kappa shape index (κ2) is 11.1. The SMILES string of the molecule is CC[C@H](C)[C@H](CC(=O)[C@H]1CCCCN1C)C(=O)N(C)[C@H](C[C@@H](OC(C)=O)c1nc(C(=O)NC23C4C5C2C2C3C4C52C)cs1)C(C)C. The van der Waals surface area contributed by atoms with Gasteiger partial charge in [-0.25, -0.2) is 4.98 Å². The minimum absolute atomic E-state index is 0.0275. The molecule has 252 valence electrons. The van der Waals surface area contributed by atoms with E-state index in [2.05, 4.69) is 44.8 Å². The number of likely N-dealkylation sites (N-methyl/N-ethyl adjacent to an activating group) is 1. The van der Waals surface area contributed by atoms with E-state index in [9.17, 15) is 19.2 Å². The van der Waals surface area contributed by atoms with Crippen LogP contribution in [0.1, 0.15) is 102 Å². The highest BCUT2D eigenvalue weighted by atomic mass is 32.1. The largest absolute Gasteiger partial charge is 0.455 e. The molecule has 8 rings (SSSR count). The number of rotatable bonds is 14. The van der Waals surface area contributed by atoms with E-state index in [0.29, 0.717) is 40.3 Å². The zero-order valence-corrected chi connectivity index (χ0v) is 29.6. The number of nitrogens with one attached hydrogen (secondary N) is 1. The number of thiazole rings is 1. The number of carbonyl (C=O) groups is 4. The molecule has 10 heteroatoms. The smallest absolute Gasteiger partial charge is 0.303 e. The summed E-state index contributed by atoms with van der Waals surface area (Å²) in [6.45, 7) is 13.0. The van der Waals surface area contributed by atoms with Crippen LogP contribution in [0.4, 0.5) is 0 Å². The van der Waals surface area contributed by atoms with Crippen molar-refractivity contribution in [1.29, 1.82) is 0 Å². The van der Waals surface area contributed by atoms with Crippen molar-refractivity contribution < 1.29 is 23.9 Å². The third-order valence-electron chi connectivity index (χ3n) is 14.1. The van der Waals surface area contributed by atoms with Gasteiger partial charge in [0.25, 0.3) is 5.91 Å². The summed E-state index contributed by atoms with van der Waals surface area (Å²) in [5.74, 6) is 3.76. The minimum Gasteiger partial charge on any atom is -0.455 e. The van der Waals surface area contributed by atoms with Gasteiger partial charge in [0.15, 0.2) is 11.9 Å². The van der Waals surface area contributed by atoms with Crippen molar-refractivity contribution in [3.8, 4) is 0 Å². The van der Waals surface area contributed by atoms with Gasteiger partial charge in [0.2, 0.25) is 5.91 Å². The molecule has 2 heterocycles. The van der Waals surface area contributed by atoms with Gasteiger partial charge in [-0.15, -0.1) is 11.3 Å². The first-order chi connectivity index (χ1) is 21.8. The van der Waals surface area contributed by atoms with Gasteiger partial charge in [-0.05, 0) is 79.2 Å². The minimum atomic E-state index is -0.686. The van der Waals surface area contributed by atoms with Crippen molar-refractivity contribution in [3.63, 3.8) is 0 Å². The van der Waals surface area contributed by atoms with Crippen LogP contribution < -0.4 is 5.32 Å². The molecule has 0 unspecified atom stereocenters. The molecule has 0 spiro atoms. The summed E-state index contributed by atoms with van der Waals surface area (Å²) in [5, 5.41) is 5.76. The molecule has 6 saturated carbocycles. The summed E-state index contributed by atoms with van der Waals surface area (Å²) in [6.07, 6.45) is 3.71. The zero-order chi connectivity index (χ0) is 33.0. The van der Waals surface area contributed by atoms with Gasteiger partial charge in [0.1, 0.15) is 10.7 Å². The Morgan fingerprint density at radius 1 is 1.11 bits per heavy atom. The lowest BCUT2D eigenvalue weighted by molar-refractivity contribution is -0.620. The van der Waals surface area contributed by atoms with E-state index in [-0.39, 0.29) is 53.5 Å². The topological polar surface area (TPSA) is 109 Å². The maximum absolute atomic E-state index is 14.2. The van der Waals surface area contributed by atoms with Crippen LogP contribution in [0.25, 0.3) is 0 Å².